The van der Waals surface area contributed by atoms with Gasteiger partial charge in [0.05, 0.1) is 17.6 Å². The molecule has 1 aromatic rings. The Balaban J connectivity index is 1.28. The molecule has 4 saturated carbocycles. The predicted octanol–water partition coefficient (Wildman–Crippen LogP) is 7.16. The summed E-state index contributed by atoms with van der Waals surface area (Å²) in [5.41, 5.74) is 4.46. The number of amides is 1. The number of aliphatic hydroxyl groups excluding tert-OH is 2. The van der Waals surface area contributed by atoms with E-state index in [-0.39, 0.29) is 23.0 Å². The summed E-state index contributed by atoms with van der Waals surface area (Å²) in [5.74, 6) is 1.75. The summed E-state index contributed by atoms with van der Waals surface area (Å²) in [5, 5.41) is 26.5. The SMILES string of the molecule is C=C1C(=CC=C2CCC[C@]3(C)[C@@H]([C@H](C)CC[C@@H](OC(=O)NCC)C4(c5nc(C)cs5)CC4)CC[C@@H]23)C[C@@H](O)C[C@@H]1O. The summed E-state index contributed by atoms with van der Waals surface area (Å²) in [7, 11) is 0. The topological polar surface area (TPSA) is 91.7 Å². The summed E-state index contributed by atoms with van der Waals surface area (Å²) in [6, 6.07) is 0. The van der Waals surface area contributed by atoms with E-state index < -0.39 is 12.2 Å². The highest BCUT2D eigenvalue weighted by molar-refractivity contribution is 7.09. The van der Waals surface area contributed by atoms with Crippen LogP contribution in [-0.4, -0.2) is 46.1 Å². The number of aryl methyl sites for hydroxylation is 1. The monoisotopic (exact) mass is 582 g/mol. The highest BCUT2D eigenvalue weighted by Gasteiger charge is 2.56. The molecule has 4 aliphatic carbocycles. The number of aromatic nitrogens is 1. The van der Waals surface area contributed by atoms with Crippen LogP contribution in [0.25, 0.3) is 0 Å². The van der Waals surface area contributed by atoms with Gasteiger partial charge in [0, 0.05) is 24.0 Å². The van der Waals surface area contributed by atoms with Gasteiger partial charge in [-0.2, -0.15) is 0 Å². The van der Waals surface area contributed by atoms with Crippen LogP contribution >= 0.6 is 11.3 Å². The molecule has 1 aromatic heterocycles. The zero-order valence-corrected chi connectivity index (χ0v) is 26.3. The molecule has 0 bridgehead atoms. The van der Waals surface area contributed by atoms with Crippen LogP contribution in [0.15, 0.2) is 40.8 Å². The Kier molecular flexibility index (Phi) is 9.18. The van der Waals surface area contributed by atoms with E-state index >= 15 is 0 Å². The van der Waals surface area contributed by atoms with Gasteiger partial charge in [-0.25, -0.2) is 9.78 Å². The lowest BCUT2D eigenvalue weighted by Crippen LogP contribution is -2.38. The molecule has 41 heavy (non-hydrogen) atoms. The second-order valence-corrected chi connectivity index (χ2v) is 14.5. The first-order valence-corrected chi connectivity index (χ1v) is 16.8. The molecule has 4 fully saturated rings. The van der Waals surface area contributed by atoms with Crippen LogP contribution < -0.4 is 5.32 Å². The van der Waals surface area contributed by atoms with E-state index in [0.29, 0.717) is 37.1 Å². The number of nitrogens with zero attached hydrogens (tertiary/aromatic N) is 1. The molecule has 0 aliphatic heterocycles. The highest BCUT2D eigenvalue weighted by atomic mass is 32.1. The van der Waals surface area contributed by atoms with Gasteiger partial charge in [0.2, 0.25) is 0 Å². The van der Waals surface area contributed by atoms with Crippen LogP contribution in [0, 0.1) is 30.1 Å². The fourth-order valence-corrected chi connectivity index (χ4v) is 9.55. The lowest BCUT2D eigenvalue weighted by molar-refractivity contribution is 0.0525. The van der Waals surface area contributed by atoms with E-state index in [0.717, 1.165) is 54.0 Å². The second kappa shape index (κ2) is 12.3. The minimum Gasteiger partial charge on any atom is -0.445 e. The molecule has 0 radical (unpaired) electrons. The van der Waals surface area contributed by atoms with Crippen molar-refractivity contribution in [2.75, 3.05) is 6.54 Å². The number of fused-ring (bicyclic) bond motifs is 1. The van der Waals surface area contributed by atoms with Crippen LogP contribution in [0.3, 0.4) is 0 Å². The molecule has 0 saturated heterocycles. The molecule has 3 N–H and O–H groups in total. The van der Waals surface area contributed by atoms with Gasteiger partial charge in [-0.05, 0) is 112 Å². The van der Waals surface area contributed by atoms with Gasteiger partial charge >= 0.3 is 6.09 Å². The Morgan fingerprint density at radius 2 is 2.05 bits per heavy atom. The number of nitrogens with one attached hydrogen (secondary N) is 1. The maximum absolute atomic E-state index is 12.6. The predicted molar refractivity (Wildman–Crippen MR) is 165 cm³/mol. The number of allylic oxidation sites excluding steroid dienone is 3. The molecule has 4 aliphatic rings. The molecule has 0 spiro atoms. The maximum Gasteiger partial charge on any atom is 0.407 e. The molecule has 0 unspecified atom stereocenters. The van der Waals surface area contributed by atoms with Crippen molar-refractivity contribution in [2.24, 2.45) is 23.2 Å². The zero-order chi connectivity index (χ0) is 29.4. The Hall–Kier alpha value is -1.96. The van der Waals surface area contributed by atoms with E-state index in [2.05, 4.69) is 43.3 Å². The molecule has 1 amide bonds. The van der Waals surface area contributed by atoms with Crippen molar-refractivity contribution in [1.29, 1.82) is 0 Å². The van der Waals surface area contributed by atoms with Crippen molar-refractivity contribution in [2.45, 2.75) is 122 Å². The third-order valence-corrected chi connectivity index (χ3v) is 12.1. The van der Waals surface area contributed by atoms with Crippen LogP contribution in [0.2, 0.25) is 0 Å². The van der Waals surface area contributed by atoms with Crippen molar-refractivity contribution in [1.82, 2.24) is 10.3 Å². The molecule has 7 heteroatoms. The average Bonchev–Trinajstić information content (AvgIpc) is 3.48. The van der Waals surface area contributed by atoms with Crippen molar-refractivity contribution in [3.05, 3.63) is 51.5 Å². The normalized spacial score (nSPS) is 34.3. The van der Waals surface area contributed by atoms with Crippen LogP contribution in [0.4, 0.5) is 4.79 Å². The summed E-state index contributed by atoms with van der Waals surface area (Å²) >= 11 is 1.71. The van der Waals surface area contributed by atoms with Gasteiger partial charge in [0.1, 0.15) is 11.1 Å². The standard InChI is InChI=1S/C34H50N2O4S/c1-6-35-32(39)40-30(34(16-17-34)31-36-22(3)20-41-31)14-9-21(2)27-12-13-28-24(8-7-15-33(27,28)5)10-11-25-18-26(37)19-29(38)23(25)4/h10-11,20-21,26-30,37-38H,4,6-9,12-19H2,1-3,5H3,(H,35,39)/t21-,26-,27-,28+,29+,30-,33-/m1/s1. The first-order valence-electron chi connectivity index (χ1n) is 15.9. The Labute approximate surface area is 250 Å². The van der Waals surface area contributed by atoms with Crippen LogP contribution in [-0.2, 0) is 10.2 Å². The fourth-order valence-electron chi connectivity index (χ4n) is 8.45. The number of ether oxygens (including phenoxy) is 1. The van der Waals surface area contributed by atoms with E-state index in [1.165, 1.54) is 31.3 Å². The molecular formula is C34H50N2O4S. The molecule has 7 atom stereocenters. The smallest absolute Gasteiger partial charge is 0.407 e. The third-order valence-electron chi connectivity index (χ3n) is 10.9. The third kappa shape index (κ3) is 6.23. The zero-order valence-electron chi connectivity index (χ0n) is 25.5. The largest absolute Gasteiger partial charge is 0.445 e. The van der Waals surface area contributed by atoms with Crippen molar-refractivity contribution in [3.63, 3.8) is 0 Å². The number of thiazole rings is 1. The molecule has 6 nitrogen and oxygen atoms in total. The van der Waals surface area contributed by atoms with Crippen molar-refractivity contribution >= 4 is 17.4 Å². The lowest BCUT2D eigenvalue weighted by atomic mass is 9.60. The number of hydrogen-bond donors (Lipinski definition) is 3. The molecule has 5 rings (SSSR count). The van der Waals surface area contributed by atoms with E-state index in [1.54, 1.807) is 11.3 Å². The number of carbonyl (C=O) groups is 1. The summed E-state index contributed by atoms with van der Waals surface area (Å²) < 4.78 is 6.12. The number of carbonyl (C=O) groups excluding carboxylic acids is 1. The molecule has 0 aromatic carbocycles. The lowest BCUT2D eigenvalue weighted by Gasteiger charge is -2.44. The van der Waals surface area contributed by atoms with Crippen LogP contribution in [0.1, 0.15) is 102 Å². The minimum absolute atomic E-state index is 0.121. The van der Waals surface area contributed by atoms with Crippen LogP contribution in [0.5, 0.6) is 0 Å². The molecule has 1 heterocycles. The minimum atomic E-state index is -0.646. The van der Waals surface area contributed by atoms with Gasteiger partial charge in [-0.3, -0.25) is 0 Å². The molecular weight excluding hydrogens is 532 g/mol. The maximum atomic E-state index is 12.6. The summed E-state index contributed by atoms with van der Waals surface area (Å²) in [6.45, 7) is 13.6. The van der Waals surface area contributed by atoms with Gasteiger partial charge in [0.25, 0.3) is 0 Å². The van der Waals surface area contributed by atoms with Gasteiger partial charge < -0.3 is 20.3 Å². The Morgan fingerprint density at radius 3 is 2.73 bits per heavy atom. The summed E-state index contributed by atoms with van der Waals surface area (Å²) in [6.07, 6.45) is 13.8. The van der Waals surface area contributed by atoms with E-state index in [1.807, 2.05) is 13.8 Å². The van der Waals surface area contributed by atoms with Crippen molar-refractivity contribution < 1.29 is 19.7 Å². The first kappa shape index (κ1) is 30.5. The summed E-state index contributed by atoms with van der Waals surface area (Å²) in [4.78, 5) is 17.4. The van der Waals surface area contributed by atoms with Gasteiger partial charge in [-0.1, -0.05) is 38.2 Å². The molecule has 226 valence electrons. The van der Waals surface area contributed by atoms with Gasteiger partial charge in [-0.15, -0.1) is 11.3 Å². The average molecular weight is 583 g/mol. The number of alkyl carbamates (subject to hydrolysis) is 1. The first-order chi connectivity index (χ1) is 19.6. The Morgan fingerprint density at radius 1 is 1.27 bits per heavy atom. The highest BCUT2D eigenvalue weighted by Crippen LogP contribution is 2.60. The van der Waals surface area contributed by atoms with E-state index in [9.17, 15) is 15.0 Å². The Bertz CT molecular complexity index is 1180. The van der Waals surface area contributed by atoms with Gasteiger partial charge in [0.15, 0.2) is 0 Å². The van der Waals surface area contributed by atoms with Crippen molar-refractivity contribution in [3.8, 4) is 0 Å². The number of aliphatic hydroxyl groups is 2. The quantitative estimate of drug-likeness (QED) is 0.287. The number of hydrogen-bond acceptors (Lipinski definition) is 6. The van der Waals surface area contributed by atoms with E-state index in [4.69, 9.17) is 9.72 Å². The second-order valence-electron chi connectivity index (χ2n) is 13.6. The fraction of sp³-hybridized carbons (Fsp3) is 0.706. The number of rotatable bonds is 9.